The highest BCUT2D eigenvalue weighted by molar-refractivity contribution is 5.81. The number of carbonyl (C=O) groups is 2. The minimum Gasteiger partial charge on any atom is -0.459 e. The van der Waals surface area contributed by atoms with Gasteiger partial charge >= 0.3 is 12.1 Å². The van der Waals surface area contributed by atoms with E-state index in [4.69, 9.17) is 9.47 Å². The normalized spacial score (nSPS) is 19.8. The Labute approximate surface area is 139 Å². The SMILES string of the molecule is C=CC(=O)OCCOC(=O)N(C1CCCCC1)C1CCCCC1. The van der Waals surface area contributed by atoms with E-state index in [-0.39, 0.29) is 19.3 Å². The zero-order valence-electron chi connectivity index (χ0n) is 14.0. The van der Waals surface area contributed by atoms with Gasteiger partial charge in [0.15, 0.2) is 0 Å². The van der Waals surface area contributed by atoms with Gasteiger partial charge in [0.1, 0.15) is 13.2 Å². The van der Waals surface area contributed by atoms with Gasteiger partial charge in [0, 0.05) is 18.2 Å². The van der Waals surface area contributed by atoms with Crippen LogP contribution in [0.5, 0.6) is 0 Å². The number of ether oxygens (including phenoxy) is 2. The zero-order chi connectivity index (χ0) is 16.5. The van der Waals surface area contributed by atoms with E-state index in [1.165, 1.54) is 38.5 Å². The highest BCUT2D eigenvalue weighted by Crippen LogP contribution is 2.30. The Hall–Kier alpha value is -1.52. The molecular formula is C18H29NO4. The molecule has 0 bridgehead atoms. The van der Waals surface area contributed by atoms with Crippen molar-refractivity contribution in [2.24, 2.45) is 0 Å². The van der Waals surface area contributed by atoms with Crippen molar-refractivity contribution >= 4 is 12.1 Å². The van der Waals surface area contributed by atoms with Gasteiger partial charge in [-0.2, -0.15) is 0 Å². The van der Waals surface area contributed by atoms with Crippen LogP contribution >= 0.6 is 0 Å². The molecule has 0 atom stereocenters. The number of esters is 1. The number of amides is 1. The van der Waals surface area contributed by atoms with Crippen molar-refractivity contribution < 1.29 is 19.1 Å². The highest BCUT2D eigenvalue weighted by atomic mass is 16.6. The summed E-state index contributed by atoms with van der Waals surface area (Å²) >= 11 is 0. The van der Waals surface area contributed by atoms with Crippen molar-refractivity contribution in [2.45, 2.75) is 76.3 Å². The molecule has 130 valence electrons. The second kappa shape index (κ2) is 9.58. The van der Waals surface area contributed by atoms with Crippen molar-refractivity contribution in [2.75, 3.05) is 13.2 Å². The second-order valence-electron chi connectivity index (χ2n) is 6.48. The molecule has 0 aromatic carbocycles. The molecule has 5 nitrogen and oxygen atoms in total. The van der Waals surface area contributed by atoms with Crippen LogP contribution < -0.4 is 0 Å². The van der Waals surface area contributed by atoms with Crippen LogP contribution in [-0.4, -0.2) is 42.3 Å². The highest BCUT2D eigenvalue weighted by Gasteiger charge is 2.33. The first-order valence-electron chi connectivity index (χ1n) is 8.96. The summed E-state index contributed by atoms with van der Waals surface area (Å²) in [5.74, 6) is -0.488. The fraction of sp³-hybridized carbons (Fsp3) is 0.778. The minimum atomic E-state index is -0.488. The van der Waals surface area contributed by atoms with Crippen LogP contribution in [0.25, 0.3) is 0 Å². The molecule has 0 unspecified atom stereocenters. The van der Waals surface area contributed by atoms with Gasteiger partial charge in [-0.3, -0.25) is 0 Å². The Morgan fingerprint density at radius 3 is 1.83 bits per heavy atom. The van der Waals surface area contributed by atoms with Crippen molar-refractivity contribution in [3.05, 3.63) is 12.7 Å². The third-order valence-electron chi connectivity index (χ3n) is 4.87. The molecule has 2 aliphatic rings. The van der Waals surface area contributed by atoms with E-state index in [2.05, 4.69) is 6.58 Å². The summed E-state index contributed by atoms with van der Waals surface area (Å²) in [7, 11) is 0. The summed E-state index contributed by atoms with van der Waals surface area (Å²) in [6, 6.07) is 0.630. The summed E-state index contributed by atoms with van der Waals surface area (Å²) in [6.45, 7) is 3.52. The lowest BCUT2D eigenvalue weighted by Crippen LogP contribution is -2.49. The Morgan fingerprint density at radius 1 is 0.870 bits per heavy atom. The van der Waals surface area contributed by atoms with Gasteiger partial charge in [0.05, 0.1) is 0 Å². The number of hydrogen-bond acceptors (Lipinski definition) is 4. The van der Waals surface area contributed by atoms with Gasteiger partial charge in [-0.1, -0.05) is 45.1 Å². The molecule has 2 rings (SSSR count). The first-order chi connectivity index (χ1) is 11.2. The van der Waals surface area contributed by atoms with Crippen LogP contribution in [0.4, 0.5) is 4.79 Å². The van der Waals surface area contributed by atoms with Gasteiger partial charge in [0.25, 0.3) is 0 Å². The average molecular weight is 323 g/mol. The van der Waals surface area contributed by atoms with Gasteiger partial charge in [-0.05, 0) is 25.7 Å². The van der Waals surface area contributed by atoms with Gasteiger partial charge < -0.3 is 14.4 Å². The maximum absolute atomic E-state index is 12.6. The summed E-state index contributed by atoms with van der Waals surface area (Å²) in [4.78, 5) is 25.6. The van der Waals surface area contributed by atoms with Crippen molar-refractivity contribution in [3.63, 3.8) is 0 Å². The van der Waals surface area contributed by atoms with Gasteiger partial charge in [-0.15, -0.1) is 0 Å². The Morgan fingerprint density at radius 2 is 1.35 bits per heavy atom. The Bertz CT molecular complexity index is 380. The molecule has 0 aliphatic heterocycles. The molecule has 0 heterocycles. The van der Waals surface area contributed by atoms with Crippen molar-refractivity contribution in [1.29, 1.82) is 0 Å². The number of nitrogens with zero attached hydrogens (tertiary/aromatic N) is 1. The summed E-state index contributed by atoms with van der Waals surface area (Å²) in [5, 5.41) is 0. The van der Waals surface area contributed by atoms with Crippen LogP contribution in [0.1, 0.15) is 64.2 Å². The topological polar surface area (TPSA) is 55.8 Å². The van der Waals surface area contributed by atoms with Gasteiger partial charge in [-0.25, -0.2) is 9.59 Å². The monoisotopic (exact) mass is 323 g/mol. The van der Waals surface area contributed by atoms with Crippen molar-refractivity contribution in [3.8, 4) is 0 Å². The maximum atomic E-state index is 12.6. The van der Waals surface area contributed by atoms with E-state index in [0.717, 1.165) is 31.8 Å². The molecule has 0 N–H and O–H groups in total. The molecule has 23 heavy (non-hydrogen) atoms. The maximum Gasteiger partial charge on any atom is 0.410 e. The minimum absolute atomic E-state index is 0.0831. The Kier molecular flexibility index (Phi) is 7.43. The summed E-state index contributed by atoms with van der Waals surface area (Å²) < 4.78 is 10.2. The fourth-order valence-electron chi connectivity index (χ4n) is 3.72. The third kappa shape index (κ3) is 5.56. The van der Waals surface area contributed by atoms with Crippen LogP contribution in [0.3, 0.4) is 0 Å². The zero-order valence-corrected chi connectivity index (χ0v) is 14.0. The molecule has 0 spiro atoms. The molecule has 0 saturated heterocycles. The van der Waals surface area contributed by atoms with Crippen LogP contribution in [0, 0.1) is 0 Å². The molecule has 0 aromatic heterocycles. The molecule has 0 radical (unpaired) electrons. The second-order valence-corrected chi connectivity index (χ2v) is 6.48. The molecule has 0 aromatic rings. The average Bonchev–Trinajstić information content (AvgIpc) is 2.60. The summed E-state index contributed by atoms with van der Waals surface area (Å²) in [6.07, 6.45) is 12.5. The number of hydrogen-bond donors (Lipinski definition) is 0. The summed E-state index contributed by atoms with van der Waals surface area (Å²) in [5.41, 5.74) is 0. The number of carbonyl (C=O) groups excluding carboxylic acids is 2. The lowest BCUT2D eigenvalue weighted by atomic mass is 9.89. The van der Waals surface area contributed by atoms with E-state index in [1.54, 1.807) is 0 Å². The number of rotatable bonds is 6. The van der Waals surface area contributed by atoms with E-state index in [1.807, 2.05) is 4.90 Å². The standard InChI is InChI=1S/C18H29NO4/c1-2-17(20)22-13-14-23-18(21)19(15-9-5-3-6-10-15)16-11-7-4-8-12-16/h2,15-16H,1,3-14H2. The molecular weight excluding hydrogens is 294 g/mol. The predicted octanol–water partition coefficient (Wildman–Crippen LogP) is 3.82. The first-order valence-corrected chi connectivity index (χ1v) is 8.96. The third-order valence-corrected chi connectivity index (χ3v) is 4.87. The fourth-order valence-corrected chi connectivity index (χ4v) is 3.72. The molecule has 2 aliphatic carbocycles. The van der Waals surface area contributed by atoms with E-state index >= 15 is 0 Å². The lowest BCUT2D eigenvalue weighted by molar-refractivity contribution is -0.138. The quantitative estimate of drug-likeness (QED) is 0.423. The molecule has 2 saturated carbocycles. The smallest absolute Gasteiger partial charge is 0.410 e. The largest absolute Gasteiger partial charge is 0.459 e. The lowest BCUT2D eigenvalue weighted by Gasteiger charge is -2.40. The van der Waals surface area contributed by atoms with E-state index in [0.29, 0.717) is 12.1 Å². The van der Waals surface area contributed by atoms with Crippen LogP contribution in [-0.2, 0) is 14.3 Å². The van der Waals surface area contributed by atoms with E-state index in [9.17, 15) is 9.59 Å². The van der Waals surface area contributed by atoms with Crippen LogP contribution in [0.15, 0.2) is 12.7 Å². The van der Waals surface area contributed by atoms with Crippen LogP contribution in [0.2, 0.25) is 0 Å². The predicted molar refractivity (Wildman–Crippen MR) is 88.1 cm³/mol. The molecule has 5 heteroatoms. The molecule has 1 amide bonds. The molecule has 2 fully saturated rings. The van der Waals surface area contributed by atoms with Crippen molar-refractivity contribution in [1.82, 2.24) is 4.90 Å². The van der Waals surface area contributed by atoms with E-state index < -0.39 is 5.97 Å². The first kappa shape index (κ1) is 17.8. The van der Waals surface area contributed by atoms with Gasteiger partial charge in [0.2, 0.25) is 0 Å². The Balaban J connectivity index is 1.87.